The third-order valence-electron chi connectivity index (χ3n) is 4.32. The van der Waals surface area contributed by atoms with Gasteiger partial charge in [-0.2, -0.15) is 5.10 Å². The molecule has 1 aliphatic heterocycles. The Labute approximate surface area is 165 Å². The van der Waals surface area contributed by atoms with Crippen molar-refractivity contribution in [3.05, 3.63) is 78.1 Å². The normalized spacial score (nSPS) is 15.3. The molecule has 0 saturated heterocycles. The highest BCUT2D eigenvalue weighted by molar-refractivity contribution is 6.39. The summed E-state index contributed by atoms with van der Waals surface area (Å²) in [5, 5.41) is 17.8. The van der Waals surface area contributed by atoms with Gasteiger partial charge in [0.2, 0.25) is 0 Å². The molecule has 0 saturated carbocycles. The zero-order valence-electron chi connectivity index (χ0n) is 15.1. The van der Waals surface area contributed by atoms with Gasteiger partial charge in [0.05, 0.1) is 11.9 Å². The molecular weight excluding hydrogens is 374 g/mol. The van der Waals surface area contributed by atoms with E-state index < -0.39 is 11.8 Å². The molecule has 3 N–H and O–H groups in total. The van der Waals surface area contributed by atoms with Gasteiger partial charge in [0.15, 0.2) is 23.3 Å². The van der Waals surface area contributed by atoms with Gasteiger partial charge in [-0.1, -0.05) is 53.7 Å². The lowest BCUT2D eigenvalue weighted by Crippen LogP contribution is -2.44. The lowest BCUT2D eigenvalue weighted by Gasteiger charge is -2.08. The van der Waals surface area contributed by atoms with Crippen LogP contribution in [0.5, 0.6) is 5.75 Å². The van der Waals surface area contributed by atoms with Crippen LogP contribution in [0, 0.1) is 0 Å². The number of para-hydroxylation sites is 1. The number of benzene rings is 2. The van der Waals surface area contributed by atoms with E-state index in [1.807, 2.05) is 36.4 Å². The van der Waals surface area contributed by atoms with Crippen LogP contribution in [0.15, 0.2) is 72.0 Å². The lowest BCUT2D eigenvalue weighted by molar-refractivity contribution is -0.115. The Balaban J connectivity index is 1.35. The van der Waals surface area contributed by atoms with E-state index in [1.165, 1.54) is 10.9 Å². The van der Waals surface area contributed by atoms with Crippen LogP contribution in [0.3, 0.4) is 0 Å². The summed E-state index contributed by atoms with van der Waals surface area (Å²) in [4.78, 5) is 29.8. The number of aromatic nitrogens is 2. The molecule has 2 aromatic carbocycles. The van der Waals surface area contributed by atoms with E-state index in [4.69, 9.17) is 4.84 Å². The molecule has 9 nitrogen and oxygen atoms in total. The molecule has 1 atom stereocenters. The standard InChI is InChI=1S/C20H17N5O4/c26-16-12-25(14-9-5-2-6-10-14)23-18(16)20(28)22-21-19(27)15-11-17(29-24-15)13-7-3-1-4-8-13/h1-10,12,17,26H,11H2,(H,21,27)(H,22,28). The molecule has 0 bridgehead atoms. The monoisotopic (exact) mass is 391 g/mol. The van der Waals surface area contributed by atoms with Crippen molar-refractivity contribution in [1.29, 1.82) is 0 Å². The molecule has 0 fully saturated rings. The molecule has 2 amide bonds. The average molecular weight is 391 g/mol. The summed E-state index contributed by atoms with van der Waals surface area (Å²) in [6.45, 7) is 0. The molecule has 3 aromatic rings. The van der Waals surface area contributed by atoms with E-state index in [0.29, 0.717) is 5.69 Å². The van der Waals surface area contributed by atoms with E-state index in [2.05, 4.69) is 21.1 Å². The van der Waals surface area contributed by atoms with Crippen molar-refractivity contribution in [1.82, 2.24) is 20.6 Å². The topological polar surface area (TPSA) is 118 Å². The summed E-state index contributed by atoms with van der Waals surface area (Å²) in [6.07, 6.45) is 1.24. The number of amides is 2. The summed E-state index contributed by atoms with van der Waals surface area (Å²) in [7, 11) is 0. The number of aromatic hydroxyl groups is 1. The summed E-state index contributed by atoms with van der Waals surface area (Å²) in [5.74, 6) is -1.67. The molecule has 0 radical (unpaired) electrons. The number of rotatable bonds is 4. The number of hydrogen-bond donors (Lipinski definition) is 3. The van der Waals surface area contributed by atoms with E-state index in [1.54, 1.807) is 24.3 Å². The van der Waals surface area contributed by atoms with Crippen LogP contribution in [-0.4, -0.2) is 32.4 Å². The molecule has 29 heavy (non-hydrogen) atoms. The fourth-order valence-electron chi connectivity index (χ4n) is 2.84. The van der Waals surface area contributed by atoms with E-state index in [0.717, 1.165) is 5.56 Å². The van der Waals surface area contributed by atoms with Gasteiger partial charge >= 0.3 is 0 Å². The molecule has 1 unspecified atom stereocenters. The predicted octanol–water partition coefficient (Wildman–Crippen LogP) is 1.86. The average Bonchev–Trinajstić information content (AvgIpc) is 3.40. The van der Waals surface area contributed by atoms with E-state index >= 15 is 0 Å². The predicted molar refractivity (Wildman–Crippen MR) is 103 cm³/mol. The van der Waals surface area contributed by atoms with Gasteiger partial charge in [-0.05, 0) is 17.7 Å². The molecule has 146 valence electrons. The largest absolute Gasteiger partial charge is 0.504 e. The van der Waals surface area contributed by atoms with Crippen LogP contribution in [0.25, 0.3) is 5.69 Å². The number of nitrogens with zero attached hydrogens (tertiary/aromatic N) is 3. The summed E-state index contributed by atoms with van der Waals surface area (Å²) in [5.41, 5.74) is 5.99. The number of hydrazine groups is 1. The Hall–Kier alpha value is -4.14. The Morgan fingerprint density at radius 1 is 1.00 bits per heavy atom. The highest BCUT2D eigenvalue weighted by atomic mass is 16.6. The quantitative estimate of drug-likeness (QED) is 0.587. The first kappa shape index (κ1) is 18.2. The number of nitrogens with one attached hydrogen (secondary N) is 2. The zero-order chi connectivity index (χ0) is 20.2. The van der Waals surface area contributed by atoms with Crippen molar-refractivity contribution < 1.29 is 19.5 Å². The van der Waals surface area contributed by atoms with Gasteiger partial charge in [-0.3, -0.25) is 20.4 Å². The summed E-state index contributed by atoms with van der Waals surface area (Å²) < 4.78 is 1.37. The molecule has 0 spiro atoms. The van der Waals surface area contributed by atoms with Crippen molar-refractivity contribution in [2.45, 2.75) is 12.5 Å². The van der Waals surface area contributed by atoms with Gasteiger partial charge in [-0.25, -0.2) is 4.68 Å². The minimum atomic E-state index is -0.760. The molecule has 1 aliphatic rings. The van der Waals surface area contributed by atoms with Crippen LogP contribution in [0.2, 0.25) is 0 Å². The maximum absolute atomic E-state index is 12.3. The van der Waals surface area contributed by atoms with E-state index in [9.17, 15) is 14.7 Å². The highest BCUT2D eigenvalue weighted by Crippen LogP contribution is 2.26. The lowest BCUT2D eigenvalue weighted by atomic mass is 10.0. The first-order valence-corrected chi connectivity index (χ1v) is 8.84. The molecule has 4 rings (SSSR count). The van der Waals surface area contributed by atoms with Crippen LogP contribution in [0.1, 0.15) is 28.6 Å². The minimum absolute atomic E-state index is 0.151. The SMILES string of the molecule is O=C(NNC(=O)c1nn(-c2ccccc2)cc1O)C1=NOC(c2ccccc2)C1. The maximum Gasteiger partial charge on any atom is 0.294 e. The van der Waals surface area contributed by atoms with Crippen molar-refractivity contribution in [3.8, 4) is 11.4 Å². The van der Waals surface area contributed by atoms with Gasteiger partial charge in [0.1, 0.15) is 0 Å². The zero-order valence-corrected chi connectivity index (χ0v) is 15.1. The minimum Gasteiger partial charge on any atom is -0.504 e. The van der Waals surface area contributed by atoms with Crippen molar-refractivity contribution in [2.75, 3.05) is 0 Å². The van der Waals surface area contributed by atoms with Crippen molar-refractivity contribution in [3.63, 3.8) is 0 Å². The highest BCUT2D eigenvalue weighted by Gasteiger charge is 2.28. The van der Waals surface area contributed by atoms with Gasteiger partial charge in [0, 0.05) is 6.42 Å². The van der Waals surface area contributed by atoms with E-state index in [-0.39, 0.29) is 29.7 Å². The van der Waals surface area contributed by atoms with Crippen LogP contribution in [0.4, 0.5) is 0 Å². The second-order valence-corrected chi connectivity index (χ2v) is 6.30. The summed E-state index contributed by atoms with van der Waals surface area (Å²) in [6, 6.07) is 18.4. The molecular formula is C20H17N5O4. The fourth-order valence-corrected chi connectivity index (χ4v) is 2.84. The Kier molecular flexibility index (Phi) is 4.93. The van der Waals surface area contributed by atoms with Gasteiger partial charge in [0.25, 0.3) is 11.8 Å². The van der Waals surface area contributed by atoms with Crippen LogP contribution >= 0.6 is 0 Å². The maximum atomic E-state index is 12.3. The van der Waals surface area contributed by atoms with Crippen molar-refractivity contribution >= 4 is 17.5 Å². The number of carbonyl (C=O) groups is 2. The van der Waals surface area contributed by atoms with Gasteiger partial charge in [-0.15, -0.1) is 0 Å². The summed E-state index contributed by atoms with van der Waals surface area (Å²) >= 11 is 0. The second-order valence-electron chi connectivity index (χ2n) is 6.30. The first-order valence-electron chi connectivity index (χ1n) is 8.84. The van der Waals surface area contributed by atoms with Gasteiger partial charge < -0.3 is 9.94 Å². The second kappa shape index (κ2) is 7.85. The number of carbonyl (C=O) groups excluding carboxylic acids is 2. The molecule has 0 aliphatic carbocycles. The Morgan fingerprint density at radius 2 is 1.66 bits per heavy atom. The fraction of sp³-hybridized carbons (Fsp3) is 0.100. The first-order chi connectivity index (χ1) is 14.1. The Bertz CT molecular complexity index is 1060. The number of oxime groups is 1. The molecule has 2 heterocycles. The van der Waals surface area contributed by atoms with Crippen LogP contribution in [-0.2, 0) is 9.63 Å². The molecule has 9 heteroatoms. The molecule has 1 aromatic heterocycles. The van der Waals surface area contributed by atoms with Crippen LogP contribution < -0.4 is 10.9 Å². The smallest absolute Gasteiger partial charge is 0.294 e. The number of hydrogen-bond acceptors (Lipinski definition) is 6. The van der Waals surface area contributed by atoms with Crippen molar-refractivity contribution in [2.24, 2.45) is 5.16 Å². The third-order valence-corrected chi connectivity index (χ3v) is 4.32. The Morgan fingerprint density at radius 3 is 2.38 bits per heavy atom. The third kappa shape index (κ3) is 3.93.